The van der Waals surface area contributed by atoms with Crippen molar-refractivity contribution in [1.29, 1.82) is 0 Å². The van der Waals surface area contributed by atoms with E-state index in [2.05, 4.69) is 4.98 Å². The smallest absolute Gasteiger partial charge is 0.309 e. The minimum Gasteiger partial charge on any atom is -0.503 e. The Morgan fingerprint density at radius 2 is 1.76 bits per heavy atom. The van der Waals surface area contributed by atoms with Gasteiger partial charge in [0.25, 0.3) is 0 Å². The second-order valence-corrected chi connectivity index (χ2v) is 8.27. The summed E-state index contributed by atoms with van der Waals surface area (Å²) in [6.07, 6.45) is 2.36. The fraction of sp³-hybridized carbons (Fsp3) is 0.500. The van der Waals surface area contributed by atoms with E-state index in [1.807, 2.05) is 38.1 Å². The van der Waals surface area contributed by atoms with E-state index in [4.69, 9.17) is 18.9 Å². The molecule has 0 saturated carbocycles. The summed E-state index contributed by atoms with van der Waals surface area (Å²) in [5.41, 5.74) is 0.953. The molecule has 0 amide bonds. The molecule has 0 spiro atoms. The molecule has 2 aromatic rings. The zero-order valence-electron chi connectivity index (χ0n) is 20.6. The average Bonchev–Trinajstić information content (AvgIpc) is 2.83. The van der Waals surface area contributed by atoms with Crippen molar-refractivity contribution in [1.82, 2.24) is 4.98 Å². The molecular weight excluding hydrogens is 438 g/mol. The molecule has 0 aliphatic heterocycles. The molecule has 2 rings (SSSR count). The van der Waals surface area contributed by atoms with Gasteiger partial charge >= 0.3 is 5.97 Å². The Balaban J connectivity index is 2.02. The van der Waals surface area contributed by atoms with E-state index in [1.54, 1.807) is 14.0 Å². The van der Waals surface area contributed by atoms with Crippen LogP contribution >= 0.6 is 0 Å². The van der Waals surface area contributed by atoms with Crippen molar-refractivity contribution in [2.75, 3.05) is 27.4 Å². The van der Waals surface area contributed by atoms with Gasteiger partial charge in [-0.1, -0.05) is 26.0 Å². The minimum atomic E-state index is -0.708. The molecule has 0 radical (unpaired) electrons. The Morgan fingerprint density at radius 1 is 1.06 bits per heavy atom. The van der Waals surface area contributed by atoms with Crippen LogP contribution in [0, 0.1) is 11.8 Å². The summed E-state index contributed by atoms with van der Waals surface area (Å²) in [5.74, 6) is -1.13. The van der Waals surface area contributed by atoms with Crippen LogP contribution in [0.2, 0.25) is 0 Å². The average molecular weight is 474 g/mol. The number of hydrogen-bond donors (Lipinski definition) is 1. The molecule has 0 bridgehead atoms. The molecule has 1 N–H and O–H groups in total. The molecule has 0 saturated heterocycles. The van der Waals surface area contributed by atoms with Crippen LogP contribution in [0.3, 0.4) is 0 Å². The van der Waals surface area contributed by atoms with Crippen LogP contribution in [0.15, 0.2) is 36.5 Å². The molecule has 0 fully saturated rings. The maximum absolute atomic E-state index is 12.8. The molecular formula is C26H35NO7. The summed E-state index contributed by atoms with van der Waals surface area (Å²) < 4.78 is 21.7. The summed E-state index contributed by atoms with van der Waals surface area (Å²) in [5, 5.41) is 10.2. The molecule has 0 unspecified atom stereocenters. The van der Waals surface area contributed by atoms with Crippen molar-refractivity contribution in [3.8, 4) is 17.2 Å². The summed E-state index contributed by atoms with van der Waals surface area (Å²) in [7, 11) is 3.01. The van der Waals surface area contributed by atoms with Gasteiger partial charge in [0.2, 0.25) is 0 Å². The van der Waals surface area contributed by atoms with Gasteiger partial charge < -0.3 is 24.1 Å². The van der Waals surface area contributed by atoms with E-state index >= 15 is 0 Å². The van der Waals surface area contributed by atoms with Crippen molar-refractivity contribution in [2.45, 2.75) is 46.1 Å². The number of ether oxygens (including phenoxy) is 4. The van der Waals surface area contributed by atoms with E-state index in [0.29, 0.717) is 19.6 Å². The first-order chi connectivity index (χ1) is 16.3. The first-order valence-electron chi connectivity index (χ1n) is 11.5. The Kier molecular flexibility index (Phi) is 10.8. The normalized spacial score (nSPS) is 13.6. The highest BCUT2D eigenvalue weighted by molar-refractivity contribution is 5.99. The van der Waals surface area contributed by atoms with Gasteiger partial charge in [-0.05, 0) is 37.5 Å². The number of esters is 1. The van der Waals surface area contributed by atoms with Crippen molar-refractivity contribution >= 4 is 11.8 Å². The molecule has 1 aromatic heterocycles. The van der Waals surface area contributed by atoms with Crippen LogP contribution in [0.25, 0.3) is 0 Å². The number of Topliss-reactive ketones (excluding diaryl/α,β-unsaturated/α-hetero) is 1. The van der Waals surface area contributed by atoms with Gasteiger partial charge in [-0.15, -0.1) is 0 Å². The van der Waals surface area contributed by atoms with E-state index in [0.717, 1.165) is 17.7 Å². The SMILES string of the molecule is CCCOC[C@@H](Cc1ccc(OC)cc1)[C@H](C)OC(=O)[C@H](C)CC(=O)c1nccc(OC)c1O. The highest BCUT2D eigenvalue weighted by Crippen LogP contribution is 2.29. The van der Waals surface area contributed by atoms with Crippen molar-refractivity contribution in [2.24, 2.45) is 11.8 Å². The summed E-state index contributed by atoms with van der Waals surface area (Å²) >= 11 is 0. The molecule has 186 valence electrons. The van der Waals surface area contributed by atoms with E-state index in [9.17, 15) is 14.7 Å². The third kappa shape index (κ3) is 7.73. The lowest BCUT2D eigenvalue weighted by Gasteiger charge is -2.25. The zero-order chi connectivity index (χ0) is 25.1. The predicted octanol–water partition coefficient (Wildman–Crippen LogP) is 4.23. The number of benzene rings is 1. The standard InChI is InChI=1S/C26H35NO7/c1-6-13-33-16-20(15-19-7-9-21(31-4)10-8-19)18(3)34-26(30)17(2)14-22(28)24-25(29)23(32-5)11-12-27-24/h7-12,17-18,20,29H,6,13-16H2,1-5H3/t17-,18+,20-/m1/s1. The van der Waals surface area contributed by atoms with E-state index in [-0.39, 0.29) is 29.5 Å². The quantitative estimate of drug-likeness (QED) is 0.247. The van der Waals surface area contributed by atoms with Crippen molar-refractivity contribution < 1.29 is 33.6 Å². The van der Waals surface area contributed by atoms with Crippen LogP contribution in [-0.4, -0.2) is 55.4 Å². The molecule has 1 aromatic carbocycles. The molecule has 0 aliphatic carbocycles. The summed E-state index contributed by atoms with van der Waals surface area (Å²) in [4.78, 5) is 29.3. The third-order valence-corrected chi connectivity index (χ3v) is 5.57. The second kappa shape index (κ2) is 13.5. The van der Waals surface area contributed by atoms with E-state index in [1.165, 1.54) is 19.4 Å². The Hall–Kier alpha value is -3.13. The number of carbonyl (C=O) groups excluding carboxylic acids is 2. The van der Waals surface area contributed by atoms with Gasteiger partial charge in [-0.3, -0.25) is 9.59 Å². The number of ketones is 1. The predicted molar refractivity (Wildman–Crippen MR) is 127 cm³/mol. The Labute approximate surface area is 201 Å². The van der Waals surface area contributed by atoms with Gasteiger partial charge in [0.15, 0.2) is 23.0 Å². The van der Waals surface area contributed by atoms with E-state index < -0.39 is 23.8 Å². The lowest BCUT2D eigenvalue weighted by Crippen LogP contribution is -2.32. The fourth-order valence-electron chi connectivity index (χ4n) is 3.46. The third-order valence-electron chi connectivity index (χ3n) is 5.57. The van der Waals surface area contributed by atoms with Gasteiger partial charge in [0.1, 0.15) is 11.9 Å². The first kappa shape index (κ1) is 27.1. The number of aromatic nitrogens is 1. The first-order valence-corrected chi connectivity index (χ1v) is 11.5. The Morgan fingerprint density at radius 3 is 2.38 bits per heavy atom. The van der Waals surface area contributed by atoms with Crippen LogP contribution in [-0.2, 0) is 20.7 Å². The van der Waals surface area contributed by atoms with Crippen LogP contribution < -0.4 is 9.47 Å². The molecule has 0 aliphatic rings. The minimum absolute atomic E-state index is 0.0594. The number of nitrogens with zero attached hydrogens (tertiary/aromatic N) is 1. The van der Waals surface area contributed by atoms with Gasteiger partial charge in [0.05, 0.1) is 26.7 Å². The highest BCUT2D eigenvalue weighted by atomic mass is 16.5. The van der Waals surface area contributed by atoms with Crippen LogP contribution in [0.4, 0.5) is 0 Å². The van der Waals surface area contributed by atoms with Crippen molar-refractivity contribution in [3.05, 3.63) is 47.8 Å². The highest BCUT2D eigenvalue weighted by Gasteiger charge is 2.27. The lowest BCUT2D eigenvalue weighted by molar-refractivity contribution is -0.156. The lowest BCUT2D eigenvalue weighted by atomic mass is 9.95. The number of rotatable bonds is 14. The second-order valence-electron chi connectivity index (χ2n) is 8.27. The molecule has 3 atom stereocenters. The van der Waals surface area contributed by atoms with Crippen LogP contribution in [0.1, 0.15) is 49.7 Å². The van der Waals surface area contributed by atoms with Gasteiger partial charge in [-0.25, -0.2) is 4.98 Å². The Bertz CT molecular complexity index is 929. The maximum Gasteiger partial charge on any atom is 0.309 e. The summed E-state index contributed by atoms with van der Waals surface area (Å²) in [6.45, 7) is 6.57. The molecule has 8 nitrogen and oxygen atoms in total. The van der Waals surface area contributed by atoms with Crippen molar-refractivity contribution in [3.63, 3.8) is 0 Å². The number of hydrogen-bond acceptors (Lipinski definition) is 8. The number of carbonyl (C=O) groups is 2. The number of aromatic hydroxyl groups is 1. The number of methoxy groups -OCH3 is 2. The topological polar surface area (TPSA) is 104 Å². The molecule has 8 heteroatoms. The monoisotopic (exact) mass is 473 g/mol. The maximum atomic E-state index is 12.8. The van der Waals surface area contributed by atoms with Gasteiger partial charge in [0, 0.05) is 31.2 Å². The van der Waals surface area contributed by atoms with Crippen LogP contribution in [0.5, 0.6) is 17.2 Å². The number of pyridine rings is 1. The van der Waals surface area contributed by atoms with Gasteiger partial charge in [-0.2, -0.15) is 0 Å². The molecule has 34 heavy (non-hydrogen) atoms. The fourth-order valence-corrected chi connectivity index (χ4v) is 3.46. The molecule has 1 heterocycles. The zero-order valence-corrected chi connectivity index (χ0v) is 20.6. The summed E-state index contributed by atoms with van der Waals surface area (Å²) in [6, 6.07) is 9.20. The largest absolute Gasteiger partial charge is 0.503 e.